The molecule has 0 unspecified atom stereocenters. The van der Waals surface area contributed by atoms with Crippen molar-refractivity contribution in [1.29, 1.82) is 0 Å². The zero-order chi connectivity index (χ0) is 12.1. The number of benzene rings is 1. The molecule has 0 heterocycles. The number of ether oxygens (including phenoxy) is 2. The molecule has 0 amide bonds. The number of rotatable bonds is 5. The molecule has 0 radical (unpaired) electrons. The standard InChI is InChI=1S/C12H17FO3/c1-8(2)16-12-7-10(13)9(4-5-14)6-11(12)15-3/h6-8,14H,4-5H2,1-3H3. The first kappa shape index (κ1) is 12.8. The van der Waals surface area contributed by atoms with Crippen LogP contribution in [0.2, 0.25) is 0 Å². The summed E-state index contributed by atoms with van der Waals surface area (Å²) in [5, 5.41) is 8.78. The second-order valence-corrected chi connectivity index (χ2v) is 3.73. The van der Waals surface area contributed by atoms with Crippen LogP contribution in [-0.2, 0) is 6.42 Å². The van der Waals surface area contributed by atoms with Gasteiger partial charge in [-0.3, -0.25) is 0 Å². The van der Waals surface area contributed by atoms with E-state index in [9.17, 15) is 4.39 Å². The Labute approximate surface area is 94.8 Å². The maximum Gasteiger partial charge on any atom is 0.164 e. The summed E-state index contributed by atoms with van der Waals surface area (Å²) in [6, 6.07) is 2.85. The monoisotopic (exact) mass is 228 g/mol. The first-order chi connectivity index (χ1) is 7.58. The van der Waals surface area contributed by atoms with E-state index in [1.54, 1.807) is 6.07 Å². The summed E-state index contributed by atoms with van der Waals surface area (Å²) in [6.45, 7) is 3.63. The van der Waals surface area contributed by atoms with Gasteiger partial charge in [-0.05, 0) is 31.9 Å². The van der Waals surface area contributed by atoms with E-state index < -0.39 is 0 Å². The van der Waals surface area contributed by atoms with Crippen LogP contribution in [-0.4, -0.2) is 24.9 Å². The van der Waals surface area contributed by atoms with Gasteiger partial charge in [0.05, 0.1) is 13.2 Å². The minimum absolute atomic E-state index is 0.0445. The Morgan fingerprint density at radius 3 is 2.50 bits per heavy atom. The van der Waals surface area contributed by atoms with Crippen LogP contribution in [0.5, 0.6) is 11.5 Å². The molecule has 4 heteroatoms. The fourth-order valence-corrected chi connectivity index (χ4v) is 1.39. The van der Waals surface area contributed by atoms with Crippen LogP contribution >= 0.6 is 0 Å². The molecule has 90 valence electrons. The van der Waals surface area contributed by atoms with Crippen molar-refractivity contribution in [3.8, 4) is 11.5 Å². The molecule has 16 heavy (non-hydrogen) atoms. The summed E-state index contributed by atoms with van der Waals surface area (Å²) in [7, 11) is 1.50. The molecule has 0 aromatic heterocycles. The Hall–Kier alpha value is -1.29. The molecule has 0 bridgehead atoms. The maximum absolute atomic E-state index is 13.6. The molecule has 0 spiro atoms. The highest BCUT2D eigenvalue weighted by molar-refractivity contribution is 5.44. The van der Waals surface area contributed by atoms with E-state index in [-0.39, 0.29) is 24.9 Å². The molecular weight excluding hydrogens is 211 g/mol. The molecule has 0 saturated carbocycles. The minimum Gasteiger partial charge on any atom is -0.493 e. The highest BCUT2D eigenvalue weighted by atomic mass is 19.1. The van der Waals surface area contributed by atoms with Crippen molar-refractivity contribution in [2.75, 3.05) is 13.7 Å². The van der Waals surface area contributed by atoms with Gasteiger partial charge in [0.15, 0.2) is 11.5 Å². The van der Waals surface area contributed by atoms with Crippen molar-refractivity contribution in [1.82, 2.24) is 0 Å². The number of aliphatic hydroxyl groups excluding tert-OH is 1. The number of hydrogen-bond acceptors (Lipinski definition) is 3. The predicted octanol–water partition coefficient (Wildman–Crippen LogP) is 2.16. The number of hydrogen-bond donors (Lipinski definition) is 1. The Bertz CT molecular complexity index is 350. The van der Waals surface area contributed by atoms with Gasteiger partial charge in [0.2, 0.25) is 0 Å². The van der Waals surface area contributed by atoms with Gasteiger partial charge < -0.3 is 14.6 Å². The average Bonchev–Trinajstić information content (AvgIpc) is 2.21. The van der Waals surface area contributed by atoms with Crippen molar-refractivity contribution in [2.24, 2.45) is 0 Å². The molecule has 0 fully saturated rings. The molecule has 1 aromatic carbocycles. The second kappa shape index (κ2) is 5.70. The third-order valence-electron chi connectivity index (χ3n) is 2.08. The number of aliphatic hydroxyl groups is 1. The second-order valence-electron chi connectivity index (χ2n) is 3.73. The smallest absolute Gasteiger partial charge is 0.164 e. The molecule has 0 aliphatic rings. The lowest BCUT2D eigenvalue weighted by molar-refractivity contribution is 0.228. The van der Waals surface area contributed by atoms with Crippen molar-refractivity contribution >= 4 is 0 Å². The van der Waals surface area contributed by atoms with Gasteiger partial charge in [0, 0.05) is 12.7 Å². The van der Waals surface area contributed by atoms with Crippen LogP contribution in [0.3, 0.4) is 0 Å². The Morgan fingerprint density at radius 2 is 2.00 bits per heavy atom. The van der Waals surface area contributed by atoms with Gasteiger partial charge in [-0.2, -0.15) is 0 Å². The van der Waals surface area contributed by atoms with E-state index >= 15 is 0 Å². The van der Waals surface area contributed by atoms with Crippen LogP contribution in [0, 0.1) is 5.82 Å². The minimum atomic E-state index is -0.384. The van der Waals surface area contributed by atoms with Gasteiger partial charge in [0.25, 0.3) is 0 Å². The summed E-state index contributed by atoms with van der Waals surface area (Å²) in [6.07, 6.45) is 0.224. The van der Waals surface area contributed by atoms with Crippen LogP contribution in [0.25, 0.3) is 0 Å². The molecule has 0 saturated heterocycles. The molecule has 1 rings (SSSR count). The third-order valence-corrected chi connectivity index (χ3v) is 2.08. The molecule has 1 aromatic rings. The predicted molar refractivity (Wildman–Crippen MR) is 59.5 cm³/mol. The lowest BCUT2D eigenvalue weighted by atomic mass is 10.1. The fraction of sp³-hybridized carbons (Fsp3) is 0.500. The summed E-state index contributed by atoms with van der Waals surface area (Å²) in [5.74, 6) is 0.487. The lowest BCUT2D eigenvalue weighted by Crippen LogP contribution is -2.08. The highest BCUT2D eigenvalue weighted by Gasteiger charge is 2.12. The van der Waals surface area contributed by atoms with Gasteiger partial charge >= 0.3 is 0 Å². The number of halogens is 1. The highest BCUT2D eigenvalue weighted by Crippen LogP contribution is 2.31. The molecule has 0 aliphatic carbocycles. The maximum atomic E-state index is 13.6. The average molecular weight is 228 g/mol. The normalized spacial score (nSPS) is 10.6. The van der Waals surface area contributed by atoms with Gasteiger partial charge in [0.1, 0.15) is 5.82 Å². The first-order valence-electron chi connectivity index (χ1n) is 5.22. The quantitative estimate of drug-likeness (QED) is 0.839. The number of methoxy groups -OCH3 is 1. The van der Waals surface area contributed by atoms with E-state index in [4.69, 9.17) is 14.6 Å². The Morgan fingerprint density at radius 1 is 1.31 bits per heavy atom. The van der Waals surface area contributed by atoms with Crippen LogP contribution in [0.15, 0.2) is 12.1 Å². The van der Waals surface area contributed by atoms with Crippen molar-refractivity contribution in [2.45, 2.75) is 26.4 Å². The SMILES string of the molecule is COc1cc(CCO)c(F)cc1OC(C)C. The van der Waals surface area contributed by atoms with E-state index in [1.165, 1.54) is 13.2 Å². The zero-order valence-corrected chi connectivity index (χ0v) is 9.79. The first-order valence-corrected chi connectivity index (χ1v) is 5.22. The Balaban J connectivity index is 3.05. The largest absolute Gasteiger partial charge is 0.493 e. The summed E-state index contributed by atoms with van der Waals surface area (Å²) >= 11 is 0. The van der Waals surface area contributed by atoms with E-state index in [0.29, 0.717) is 17.1 Å². The van der Waals surface area contributed by atoms with Crippen LogP contribution in [0.4, 0.5) is 4.39 Å². The van der Waals surface area contributed by atoms with Crippen molar-refractivity contribution in [3.63, 3.8) is 0 Å². The van der Waals surface area contributed by atoms with E-state index in [1.807, 2.05) is 13.8 Å². The third kappa shape index (κ3) is 3.10. The fourth-order valence-electron chi connectivity index (χ4n) is 1.39. The molecule has 1 N–H and O–H groups in total. The van der Waals surface area contributed by atoms with Crippen LogP contribution in [0.1, 0.15) is 19.4 Å². The van der Waals surface area contributed by atoms with Gasteiger partial charge in [-0.25, -0.2) is 4.39 Å². The van der Waals surface area contributed by atoms with E-state index in [2.05, 4.69) is 0 Å². The Kier molecular flexibility index (Phi) is 4.55. The molecule has 3 nitrogen and oxygen atoms in total. The topological polar surface area (TPSA) is 38.7 Å². The summed E-state index contributed by atoms with van der Waals surface area (Å²) in [4.78, 5) is 0. The summed E-state index contributed by atoms with van der Waals surface area (Å²) < 4.78 is 24.1. The van der Waals surface area contributed by atoms with Crippen molar-refractivity contribution in [3.05, 3.63) is 23.5 Å². The van der Waals surface area contributed by atoms with E-state index in [0.717, 1.165) is 0 Å². The molecular formula is C12H17FO3. The van der Waals surface area contributed by atoms with Gasteiger partial charge in [-0.15, -0.1) is 0 Å². The molecule has 0 aliphatic heterocycles. The zero-order valence-electron chi connectivity index (χ0n) is 9.79. The summed E-state index contributed by atoms with van der Waals surface area (Å²) in [5.41, 5.74) is 0.426. The van der Waals surface area contributed by atoms with Crippen LogP contribution < -0.4 is 9.47 Å². The lowest BCUT2D eigenvalue weighted by Gasteiger charge is -2.15. The van der Waals surface area contributed by atoms with Gasteiger partial charge in [-0.1, -0.05) is 0 Å². The van der Waals surface area contributed by atoms with Crippen molar-refractivity contribution < 1.29 is 19.0 Å². The molecule has 0 atom stereocenters.